The van der Waals surface area contributed by atoms with E-state index in [-0.39, 0.29) is 0 Å². The van der Waals surface area contributed by atoms with Crippen LogP contribution in [-0.4, -0.2) is 25.4 Å². The number of aliphatic hydroxyl groups is 1. The van der Waals surface area contributed by atoms with Crippen LogP contribution in [0.4, 0.5) is 0 Å². The summed E-state index contributed by atoms with van der Waals surface area (Å²) in [6.45, 7) is 1.25. The van der Waals surface area contributed by atoms with Gasteiger partial charge in [0, 0.05) is 20.3 Å². The first kappa shape index (κ1) is 12.0. The molecule has 0 aromatic heterocycles. The summed E-state index contributed by atoms with van der Waals surface area (Å²) in [6, 6.07) is 0. The number of methoxy groups -OCH3 is 1. The first-order valence-electron chi connectivity index (χ1n) is 5.98. The van der Waals surface area contributed by atoms with E-state index in [1.165, 1.54) is 38.5 Å². The molecule has 0 amide bonds. The summed E-state index contributed by atoms with van der Waals surface area (Å²) in [7, 11) is 1.75. The van der Waals surface area contributed by atoms with Crippen LogP contribution in [0.2, 0.25) is 0 Å². The van der Waals surface area contributed by atoms with Crippen molar-refractivity contribution in [1.82, 2.24) is 0 Å². The molecule has 0 saturated heterocycles. The van der Waals surface area contributed by atoms with E-state index in [0.29, 0.717) is 12.5 Å². The molecule has 0 spiro atoms. The van der Waals surface area contributed by atoms with Crippen molar-refractivity contribution in [2.45, 2.75) is 44.9 Å². The standard InChI is InChI=1S/C12H24O2/c1-14-9-5-4-8-12(10-13)11-6-2-3-7-11/h11-13H,2-10H2,1H3. The van der Waals surface area contributed by atoms with E-state index in [9.17, 15) is 5.11 Å². The maximum Gasteiger partial charge on any atom is 0.0462 e. The summed E-state index contributed by atoms with van der Waals surface area (Å²) < 4.78 is 5.02. The fourth-order valence-electron chi connectivity index (χ4n) is 2.56. The second-order valence-electron chi connectivity index (χ2n) is 4.48. The maximum absolute atomic E-state index is 9.31. The molecule has 1 saturated carbocycles. The minimum Gasteiger partial charge on any atom is -0.396 e. The average Bonchev–Trinajstić information content (AvgIpc) is 2.71. The van der Waals surface area contributed by atoms with Crippen molar-refractivity contribution in [3.05, 3.63) is 0 Å². The van der Waals surface area contributed by atoms with E-state index in [2.05, 4.69) is 0 Å². The molecule has 1 N–H and O–H groups in total. The van der Waals surface area contributed by atoms with Gasteiger partial charge in [-0.1, -0.05) is 32.1 Å². The molecule has 0 aromatic carbocycles. The van der Waals surface area contributed by atoms with Gasteiger partial charge in [-0.15, -0.1) is 0 Å². The van der Waals surface area contributed by atoms with Crippen LogP contribution in [0, 0.1) is 11.8 Å². The Kier molecular flexibility index (Phi) is 6.20. The number of unbranched alkanes of at least 4 members (excludes halogenated alkanes) is 1. The van der Waals surface area contributed by atoms with Gasteiger partial charge in [-0.25, -0.2) is 0 Å². The summed E-state index contributed by atoms with van der Waals surface area (Å²) in [5, 5.41) is 9.31. The van der Waals surface area contributed by atoms with E-state index in [1.54, 1.807) is 7.11 Å². The number of ether oxygens (including phenoxy) is 1. The van der Waals surface area contributed by atoms with Crippen LogP contribution in [0.1, 0.15) is 44.9 Å². The van der Waals surface area contributed by atoms with Gasteiger partial charge in [0.2, 0.25) is 0 Å². The molecule has 0 heterocycles. The molecule has 1 fully saturated rings. The Bertz CT molecular complexity index is 130. The lowest BCUT2D eigenvalue weighted by Crippen LogP contribution is -2.16. The Balaban J connectivity index is 2.11. The zero-order valence-corrected chi connectivity index (χ0v) is 9.37. The fourth-order valence-corrected chi connectivity index (χ4v) is 2.56. The molecule has 0 radical (unpaired) electrons. The quantitative estimate of drug-likeness (QED) is 0.640. The summed E-state index contributed by atoms with van der Waals surface area (Å²) in [6.07, 6.45) is 8.96. The lowest BCUT2D eigenvalue weighted by molar-refractivity contribution is 0.154. The normalized spacial score (nSPS) is 20.1. The van der Waals surface area contributed by atoms with Crippen molar-refractivity contribution in [2.75, 3.05) is 20.3 Å². The fraction of sp³-hybridized carbons (Fsp3) is 1.00. The second kappa shape index (κ2) is 7.24. The van der Waals surface area contributed by atoms with Crippen molar-refractivity contribution >= 4 is 0 Å². The van der Waals surface area contributed by atoms with Crippen LogP contribution in [0.3, 0.4) is 0 Å². The van der Waals surface area contributed by atoms with Crippen LogP contribution >= 0.6 is 0 Å². The van der Waals surface area contributed by atoms with Gasteiger partial charge in [0.25, 0.3) is 0 Å². The van der Waals surface area contributed by atoms with Gasteiger partial charge in [0.1, 0.15) is 0 Å². The van der Waals surface area contributed by atoms with Crippen LogP contribution < -0.4 is 0 Å². The van der Waals surface area contributed by atoms with Crippen molar-refractivity contribution in [1.29, 1.82) is 0 Å². The highest BCUT2D eigenvalue weighted by atomic mass is 16.5. The summed E-state index contributed by atoms with van der Waals surface area (Å²) in [5.74, 6) is 1.37. The molecule has 1 atom stereocenters. The monoisotopic (exact) mass is 200 g/mol. The molecule has 84 valence electrons. The SMILES string of the molecule is COCCCCC(CO)C1CCCC1. The van der Waals surface area contributed by atoms with E-state index in [4.69, 9.17) is 4.74 Å². The van der Waals surface area contributed by atoms with Crippen molar-refractivity contribution in [3.63, 3.8) is 0 Å². The van der Waals surface area contributed by atoms with Gasteiger partial charge in [0.05, 0.1) is 0 Å². The molecule has 0 aliphatic heterocycles. The molecule has 1 unspecified atom stereocenters. The summed E-state index contributed by atoms with van der Waals surface area (Å²) >= 11 is 0. The molecular weight excluding hydrogens is 176 g/mol. The smallest absolute Gasteiger partial charge is 0.0462 e. The zero-order chi connectivity index (χ0) is 10.2. The molecule has 1 rings (SSSR count). The van der Waals surface area contributed by atoms with Gasteiger partial charge in [0.15, 0.2) is 0 Å². The van der Waals surface area contributed by atoms with Gasteiger partial charge >= 0.3 is 0 Å². The van der Waals surface area contributed by atoms with Gasteiger partial charge < -0.3 is 9.84 Å². The van der Waals surface area contributed by atoms with Gasteiger partial charge in [-0.05, 0) is 24.7 Å². The highest BCUT2D eigenvalue weighted by Crippen LogP contribution is 2.33. The molecule has 14 heavy (non-hydrogen) atoms. The largest absolute Gasteiger partial charge is 0.396 e. The molecule has 0 bridgehead atoms. The summed E-state index contributed by atoms with van der Waals surface area (Å²) in [4.78, 5) is 0. The van der Waals surface area contributed by atoms with Crippen LogP contribution in [-0.2, 0) is 4.74 Å². The molecule has 2 heteroatoms. The average molecular weight is 200 g/mol. The van der Waals surface area contributed by atoms with E-state index in [0.717, 1.165) is 18.9 Å². The van der Waals surface area contributed by atoms with E-state index < -0.39 is 0 Å². The Morgan fingerprint density at radius 2 is 2.00 bits per heavy atom. The van der Waals surface area contributed by atoms with Crippen LogP contribution in [0.15, 0.2) is 0 Å². The first-order valence-corrected chi connectivity index (χ1v) is 5.98. The Labute approximate surface area is 87.7 Å². The predicted octanol–water partition coefficient (Wildman–Crippen LogP) is 2.60. The topological polar surface area (TPSA) is 29.5 Å². The van der Waals surface area contributed by atoms with E-state index in [1.807, 2.05) is 0 Å². The Morgan fingerprint density at radius 1 is 1.29 bits per heavy atom. The molecule has 0 aromatic rings. The van der Waals surface area contributed by atoms with Crippen LogP contribution in [0.25, 0.3) is 0 Å². The van der Waals surface area contributed by atoms with Gasteiger partial charge in [-0.2, -0.15) is 0 Å². The first-order chi connectivity index (χ1) is 6.88. The van der Waals surface area contributed by atoms with Crippen molar-refractivity contribution in [2.24, 2.45) is 11.8 Å². The third-order valence-electron chi connectivity index (χ3n) is 3.47. The number of hydrogen-bond donors (Lipinski definition) is 1. The van der Waals surface area contributed by atoms with Crippen molar-refractivity contribution in [3.8, 4) is 0 Å². The highest BCUT2D eigenvalue weighted by molar-refractivity contribution is 4.74. The highest BCUT2D eigenvalue weighted by Gasteiger charge is 2.23. The zero-order valence-electron chi connectivity index (χ0n) is 9.37. The maximum atomic E-state index is 9.31. The number of hydrogen-bond acceptors (Lipinski definition) is 2. The van der Waals surface area contributed by atoms with Gasteiger partial charge in [-0.3, -0.25) is 0 Å². The molecular formula is C12H24O2. The third kappa shape index (κ3) is 3.97. The van der Waals surface area contributed by atoms with E-state index >= 15 is 0 Å². The second-order valence-corrected chi connectivity index (χ2v) is 4.48. The lowest BCUT2D eigenvalue weighted by atomic mass is 9.87. The Morgan fingerprint density at radius 3 is 2.57 bits per heavy atom. The molecule has 2 nitrogen and oxygen atoms in total. The van der Waals surface area contributed by atoms with Crippen LogP contribution in [0.5, 0.6) is 0 Å². The number of rotatable bonds is 7. The lowest BCUT2D eigenvalue weighted by Gasteiger charge is -2.20. The summed E-state index contributed by atoms with van der Waals surface area (Å²) in [5.41, 5.74) is 0. The molecule has 1 aliphatic carbocycles. The predicted molar refractivity (Wildman–Crippen MR) is 58.3 cm³/mol. The molecule has 1 aliphatic rings. The Hall–Kier alpha value is -0.0800. The minimum atomic E-state index is 0.387. The number of aliphatic hydroxyl groups excluding tert-OH is 1. The third-order valence-corrected chi connectivity index (χ3v) is 3.47. The minimum absolute atomic E-state index is 0.387. The van der Waals surface area contributed by atoms with Crippen molar-refractivity contribution < 1.29 is 9.84 Å².